The van der Waals surface area contributed by atoms with Crippen LogP contribution in [-0.4, -0.2) is 12.5 Å². The van der Waals surface area contributed by atoms with Gasteiger partial charge in [-0.25, -0.2) is 0 Å². The van der Waals surface area contributed by atoms with Crippen LogP contribution in [0.4, 0.5) is 5.69 Å². The van der Waals surface area contributed by atoms with Crippen molar-refractivity contribution in [1.29, 1.82) is 5.26 Å². The Balaban J connectivity index is 2.75. The molecule has 0 saturated heterocycles. The first-order chi connectivity index (χ1) is 8.58. The molecular formula is C14H18N2O2. The topological polar surface area (TPSA) is 62.1 Å². The largest absolute Gasteiger partial charge is 0.494 e. The number of nitrogens with zero attached hydrogens (tertiary/aromatic N) is 1. The molecule has 1 rings (SSSR count). The molecule has 0 spiro atoms. The molecule has 1 atom stereocenters. The third kappa shape index (κ3) is 3.77. The zero-order valence-electron chi connectivity index (χ0n) is 10.9. The van der Waals surface area contributed by atoms with Crippen molar-refractivity contribution in [1.82, 2.24) is 0 Å². The van der Waals surface area contributed by atoms with Crippen molar-refractivity contribution in [3.63, 3.8) is 0 Å². The molecule has 0 heterocycles. The quantitative estimate of drug-likeness (QED) is 0.869. The summed E-state index contributed by atoms with van der Waals surface area (Å²) in [4.78, 5) is 11.9. The SMILES string of the molecule is CCOc1cccc(NC(=O)C(C#N)C(C)C)c1. The van der Waals surface area contributed by atoms with Gasteiger partial charge in [-0.15, -0.1) is 0 Å². The molecule has 4 heteroatoms. The fourth-order valence-electron chi connectivity index (χ4n) is 1.56. The Morgan fingerprint density at radius 2 is 2.22 bits per heavy atom. The molecule has 96 valence electrons. The van der Waals surface area contributed by atoms with Crippen molar-refractivity contribution in [2.45, 2.75) is 20.8 Å². The predicted molar refractivity (Wildman–Crippen MR) is 70.2 cm³/mol. The van der Waals surface area contributed by atoms with E-state index in [2.05, 4.69) is 5.32 Å². The van der Waals surface area contributed by atoms with E-state index in [9.17, 15) is 4.79 Å². The van der Waals surface area contributed by atoms with Gasteiger partial charge in [-0.05, 0) is 25.0 Å². The summed E-state index contributed by atoms with van der Waals surface area (Å²) in [6.45, 7) is 6.17. The van der Waals surface area contributed by atoms with Gasteiger partial charge in [-0.1, -0.05) is 19.9 Å². The summed E-state index contributed by atoms with van der Waals surface area (Å²) in [7, 11) is 0. The highest BCUT2D eigenvalue weighted by molar-refractivity contribution is 5.94. The second kappa shape index (κ2) is 6.65. The second-order valence-electron chi connectivity index (χ2n) is 4.30. The van der Waals surface area contributed by atoms with Crippen molar-refractivity contribution in [3.8, 4) is 11.8 Å². The van der Waals surface area contributed by atoms with Gasteiger partial charge in [0.2, 0.25) is 5.91 Å². The fourth-order valence-corrected chi connectivity index (χ4v) is 1.56. The highest BCUT2D eigenvalue weighted by Gasteiger charge is 2.21. The van der Waals surface area contributed by atoms with Crippen LogP contribution in [0.1, 0.15) is 20.8 Å². The number of nitrogens with one attached hydrogen (secondary N) is 1. The molecular weight excluding hydrogens is 228 g/mol. The maximum absolute atomic E-state index is 11.9. The molecule has 1 amide bonds. The zero-order chi connectivity index (χ0) is 13.5. The van der Waals surface area contributed by atoms with Crippen LogP contribution in [0, 0.1) is 23.2 Å². The summed E-state index contributed by atoms with van der Waals surface area (Å²) in [5.41, 5.74) is 0.645. The summed E-state index contributed by atoms with van der Waals surface area (Å²) in [6, 6.07) is 9.16. The van der Waals surface area contributed by atoms with Gasteiger partial charge in [0.05, 0.1) is 12.7 Å². The number of carbonyl (C=O) groups is 1. The third-order valence-electron chi connectivity index (χ3n) is 2.50. The van der Waals surface area contributed by atoms with Crippen LogP contribution in [0.25, 0.3) is 0 Å². The Hall–Kier alpha value is -2.02. The minimum Gasteiger partial charge on any atom is -0.494 e. The maximum atomic E-state index is 11.9. The Labute approximate surface area is 108 Å². The average molecular weight is 246 g/mol. The number of hydrogen-bond acceptors (Lipinski definition) is 3. The number of carbonyl (C=O) groups excluding carboxylic acids is 1. The zero-order valence-corrected chi connectivity index (χ0v) is 10.9. The molecule has 18 heavy (non-hydrogen) atoms. The lowest BCUT2D eigenvalue weighted by Gasteiger charge is -2.13. The number of nitriles is 1. The van der Waals surface area contributed by atoms with Crippen molar-refractivity contribution in [2.24, 2.45) is 11.8 Å². The number of anilines is 1. The number of rotatable bonds is 5. The number of amides is 1. The Morgan fingerprint density at radius 3 is 2.78 bits per heavy atom. The van der Waals surface area contributed by atoms with Crippen LogP contribution in [-0.2, 0) is 4.79 Å². The Morgan fingerprint density at radius 1 is 1.50 bits per heavy atom. The normalized spacial score (nSPS) is 11.7. The van der Waals surface area contributed by atoms with Gasteiger partial charge in [0.15, 0.2) is 0 Å². The highest BCUT2D eigenvalue weighted by atomic mass is 16.5. The van der Waals surface area contributed by atoms with Gasteiger partial charge in [0, 0.05) is 11.8 Å². The van der Waals surface area contributed by atoms with E-state index in [1.165, 1.54) is 0 Å². The monoisotopic (exact) mass is 246 g/mol. The van der Waals surface area contributed by atoms with Gasteiger partial charge in [-0.2, -0.15) is 5.26 Å². The van der Waals surface area contributed by atoms with Crippen LogP contribution in [0.2, 0.25) is 0 Å². The van der Waals surface area contributed by atoms with Crippen molar-refractivity contribution < 1.29 is 9.53 Å². The summed E-state index contributed by atoms with van der Waals surface area (Å²) in [6.07, 6.45) is 0. The molecule has 4 nitrogen and oxygen atoms in total. The Kier molecular flexibility index (Phi) is 5.19. The van der Waals surface area contributed by atoms with E-state index in [1.54, 1.807) is 18.2 Å². The molecule has 0 saturated carbocycles. The molecule has 0 aliphatic carbocycles. The van der Waals surface area contributed by atoms with E-state index < -0.39 is 5.92 Å². The van der Waals surface area contributed by atoms with E-state index in [1.807, 2.05) is 32.9 Å². The van der Waals surface area contributed by atoms with E-state index >= 15 is 0 Å². The molecule has 1 aromatic rings. The van der Waals surface area contributed by atoms with Gasteiger partial charge < -0.3 is 10.1 Å². The molecule has 0 aromatic heterocycles. The summed E-state index contributed by atoms with van der Waals surface area (Å²) >= 11 is 0. The standard InChI is InChI=1S/C14H18N2O2/c1-4-18-12-7-5-6-11(8-12)16-14(17)13(9-15)10(2)3/h5-8,10,13H,4H2,1-3H3,(H,16,17). The fraction of sp³-hybridized carbons (Fsp3) is 0.429. The lowest BCUT2D eigenvalue weighted by molar-refractivity contribution is -0.119. The minimum atomic E-state index is -0.638. The first kappa shape index (κ1) is 14.0. The van der Waals surface area contributed by atoms with Crippen molar-refractivity contribution in [3.05, 3.63) is 24.3 Å². The maximum Gasteiger partial charge on any atom is 0.241 e. The molecule has 0 radical (unpaired) electrons. The first-order valence-electron chi connectivity index (χ1n) is 6.01. The van der Waals surface area contributed by atoms with Crippen molar-refractivity contribution >= 4 is 11.6 Å². The molecule has 0 fully saturated rings. The van der Waals surface area contributed by atoms with Gasteiger partial charge in [0.1, 0.15) is 11.7 Å². The molecule has 1 unspecified atom stereocenters. The van der Waals surface area contributed by atoms with E-state index in [-0.39, 0.29) is 11.8 Å². The summed E-state index contributed by atoms with van der Waals surface area (Å²) < 4.78 is 5.35. The summed E-state index contributed by atoms with van der Waals surface area (Å²) in [5.74, 6) is -0.222. The molecule has 0 aliphatic rings. The lowest BCUT2D eigenvalue weighted by atomic mass is 9.96. The molecule has 0 bridgehead atoms. The van der Waals surface area contributed by atoms with E-state index in [0.717, 1.165) is 0 Å². The smallest absolute Gasteiger partial charge is 0.241 e. The van der Waals surface area contributed by atoms with E-state index in [4.69, 9.17) is 10.00 Å². The van der Waals surface area contributed by atoms with Crippen LogP contribution in [0.15, 0.2) is 24.3 Å². The van der Waals surface area contributed by atoms with Crippen LogP contribution in [0.5, 0.6) is 5.75 Å². The second-order valence-corrected chi connectivity index (χ2v) is 4.30. The van der Waals surface area contributed by atoms with Crippen molar-refractivity contribution in [2.75, 3.05) is 11.9 Å². The molecule has 1 aromatic carbocycles. The lowest BCUT2D eigenvalue weighted by Crippen LogP contribution is -2.25. The molecule has 0 aliphatic heterocycles. The minimum absolute atomic E-state index is 0.00919. The van der Waals surface area contributed by atoms with Crippen LogP contribution < -0.4 is 10.1 Å². The third-order valence-corrected chi connectivity index (χ3v) is 2.50. The highest BCUT2D eigenvalue weighted by Crippen LogP contribution is 2.19. The predicted octanol–water partition coefficient (Wildman–Crippen LogP) is 2.82. The van der Waals surface area contributed by atoms with Gasteiger partial charge >= 0.3 is 0 Å². The Bertz CT molecular complexity index is 449. The van der Waals surface area contributed by atoms with Gasteiger partial charge in [0.25, 0.3) is 0 Å². The average Bonchev–Trinajstić information content (AvgIpc) is 2.30. The van der Waals surface area contributed by atoms with Crippen LogP contribution >= 0.6 is 0 Å². The number of hydrogen-bond donors (Lipinski definition) is 1. The van der Waals surface area contributed by atoms with Gasteiger partial charge in [-0.3, -0.25) is 4.79 Å². The number of ether oxygens (including phenoxy) is 1. The summed E-state index contributed by atoms with van der Waals surface area (Å²) in [5, 5.41) is 11.7. The number of benzene rings is 1. The van der Waals surface area contributed by atoms with Crippen LogP contribution in [0.3, 0.4) is 0 Å². The first-order valence-corrected chi connectivity index (χ1v) is 6.01. The molecule has 1 N–H and O–H groups in total. The van der Waals surface area contributed by atoms with E-state index in [0.29, 0.717) is 18.0 Å².